The van der Waals surface area contributed by atoms with Crippen molar-refractivity contribution in [2.75, 3.05) is 38.2 Å². The van der Waals surface area contributed by atoms with Crippen LogP contribution >= 0.6 is 11.6 Å². The van der Waals surface area contributed by atoms with Crippen LogP contribution in [0.25, 0.3) is 22.0 Å². The Hall–Kier alpha value is -3.04. The van der Waals surface area contributed by atoms with Gasteiger partial charge in [-0.15, -0.1) is 0 Å². The number of nitrogens with one attached hydrogen (secondary N) is 1. The Morgan fingerprint density at radius 1 is 1.23 bits per heavy atom. The second kappa shape index (κ2) is 8.00. The molecule has 30 heavy (non-hydrogen) atoms. The van der Waals surface area contributed by atoms with E-state index < -0.39 is 17.5 Å². The van der Waals surface area contributed by atoms with Crippen LogP contribution in [0.5, 0.6) is 5.75 Å². The Bertz CT molecular complexity index is 1150. The second-order valence-corrected chi connectivity index (χ2v) is 7.14. The van der Waals surface area contributed by atoms with Gasteiger partial charge in [0, 0.05) is 37.1 Å². The minimum absolute atomic E-state index is 0.0322. The third-order valence-corrected chi connectivity index (χ3v) is 5.24. The molecule has 1 aliphatic rings. The zero-order chi connectivity index (χ0) is 21.4. The first-order valence-electron chi connectivity index (χ1n) is 9.20. The van der Waals surface area contributed by atoms with Gasteiger partial charge in [-0.1, -0.05) is 17.7 Å². The summed E-state index contributed by atoms with van der Waals surface area (Å²) >= 11 is 6.42. The summed E-state index contributed by atoms with van der Waals surface area (Å²) in [6.45, 7) is 2.56. The predicted octanol–water partition coefficient (Wildman–Crippen LogP) is 2.75. The first-order chi connectivity index (χ1) is 14.4. The maximum atomic E-state index is 15.7. The lowest BCUT2D eigenvalue weighted by molar-refractivity contribution is 0.0991. The summed E-state index contributed by atoms with van der Waals surface area (Å²) in [4.78, 5) is 22.0. The highest BCUT2D eigenvalue weighted by Gasteiger charge is 2.26. The molecular weight excluding hydrogens is 416 g/mol. The SMILES string of the molecule is COc1cccc(F)c1-c1c(Cl)cc2c(N3CCNCC3)nc(C(N)=O)nc2c1F. The first-order valence-corrected chi connectivity index (χ1v) is 9.58. The van der Waals surface area contributed by atoms with Gasteiger partial charge in [-0.25, -0.2) is 18.7 Å². The molecule has 0 spiro atoms. The van der Waals surface area contributed by atoms with Gasteiger partial charge in [-0.2, -0.15) is 0 Å². The maximum Gasteiger partial charge on any atom is 0.286 e. The van der Waals surface area contributed by atoms with E-state index in [-0.39, 0.29) is 33.2 Å². The number of fused-ring (bicyclic) bond motifs is 1. The summed E-state index contributed by atoms with van der Waals surface area (Å²) in [7, 11) is 1.35. The smallest absolute Gasteiger partial charge is 0.286 e. The summed E-state index contributed by atoms with van der Waals surface area (Å²) in [5.41, 5.74) is 4.87. The number of amides is 1. The van der Waals surface area contributed by atoms with Crippen molar-refractivity contribution in [3.63, 3.8) is 0 Å². The minimum Gasteiger partial charge on any atom is -0.496 e. The molecule has 1 aromatic heterocycles. The van der Waals surface area contributed by atoms with E-state index in [2.05, 4.69) is 15.3 Å². The number of anilines is 1. The number of hydrogen-bond acceptors (Lipinski definition) is 6. The summed E-state index contributed by atoms with van der Waals surface area (Å²) in [6, 6.07) is 5.60. The summed E-state index contributed by atoms with van der Waals surface area (Å²) in [5.74, 6) is -2.36. The van der Waals surface area contributed by atoms with Crippen LogP contribution in [-0.2, 0) is 0 Å². The molecule has 2 heterocycles. The van der Waals surface area contributed by atoms with Gasteiger partial charge in [0.05, 0.1) is 17.7 Å². The van der Waals surface area contributed by atoms with Crippen molar-refractivity contribution in [1.29, 1.82) is 0 Å². The zero-order valence-electron chi connectivity index (χ0n) is 16.0. The van der Waals surface area contributed by atoms with E-state index in [9.17, 15) is 9.18 Å². The number of carbonyl (C=O) groups excluding carboxylic acids is 1. The van der Waals surface area contributed by atoms with Gasteiger partial charge in [0.15, 0.2) is 5.82 Å². The topological polar surface area (TPSA) is 93.4 Å². The standard InChI is InChI=1S/C20H18ClF2N5O2/c1-30-13-4-2-3-12(22)15(13)14-11(21)9-10-17(16(14)23)26-19(18(24)29)27-20(10)28-7-5-25-6-8-28/h2-4,9,25H,5-8H2,1H3,(H2,24,29). The van der Waals surface area contributed by atoms with E-state index in [1.165, 1.54) is 31.4 Å². The lowest BCUT2D eigenvalue weighted by Crippen LogP contribution is -2.44. The number of nitrogens with zero attached hydrogens (tertiary/aromatic N) is 3. The lowest BCUT2D eigenvalue weighted by atomic mass is 10.0. The van der Waals surface area contributed by atoms with Crippen molar-refractivity contribution in [2.24, 2.45) is 5.73 Å². The van der Waals surface area contributed by atoms with E-state index in [0.29, 0.717) is 37.4 Å². The number of benzene rings is 2. The number of hydrogen-bond donors (Lipinski definition) is 2. The lowest BCUT2D eigenvalue weighted by Gasteiger charge is -2.29. The number of nitrogens with two attached hydrogens (primary N) is 1. The zero-order valence-corrected chi connectivity index (χ0v) is 16.8. The fraction of sp³-hybridized carbons (Fsp3) is 0.250. The largest absolute Gasteiger partial charge is 0.496 e. The molecule has 0 radical (unpaired) electrons. The molecule has 1 aliphatic heterocycles. The predicted molar refractivity (Wildman–Crippen MR) is 110 cm³/mol. The molecule has 7 nitrogen and oxygen atoms in total. The fourth-order valence-corrected chi connectivity index (χ4v) is 3.84. The van der Waals surface area contributed by atoms with Crippen molar-refractivity contribution in [2.45, 2.75) is 0 Å². The van der Waals surface area contributed by atoms with E-state index in [1.54, 1.807) is 0 Å². The number of ether oxygens (including phenoxy) is 1. The Morgan fingerprint density at radius 2 is 1.97 bits per heavy atom. The third kappa shape index (κ3) is 3.40. The van der Waals surface area contributed by atoms with Crippen molar-refractivity contribution >= 4 is 34.2 Å². The van der Waals surface area contributed by atoms with Crippen LogP contribution in [0.4, 0.5) is 14.6 Å². The van der Waals surface area contributed by atoms with E-state index in [4.69, 9.17) is 22.1 Å². The van der Waals surface area contributed by atoms with Gasteiger partial charge < -0.3 is 20.7 Å². The summed E-state index contributed by atoms with van der Waals surface area (Å²) in [6.07, 6.45) is 0. The molecule has 10 heteroatoms. The van der Waals surface area contributed by atoms with Crippen LogP contribution in [0.3, 0.4) is 0 Å². The number of rotatable bonds is 4. The van der Waals surface area contributed by atoms with Gasteiger partial charge in [-0.05, 0) is 18.2 Å². The monoisotopic (exact) mass is 433 g/mol. The van der Waals surface area contributed by atoms with Gasteiger partial charge in [0.2, 0.25) is 5.82 Å². The molecule has 1 amide bonds. The number of halogens is 3. The van der Waals surface area contributed by atoms with Crippen molar-refractivity contribution in [1.82, 2.24) is 15.3 Å². The third-order valence-electron chi connectivity index (χ3n) is 4.95. The molecule has 4 rings (SSSR count). The van der Waals surface area contributed by atoms with Crippen LogP contribution in [0, 0.1) is 11.6 Å². The Morgan fingerprint density at radius 3 is 2.63 bits per heavy atom. The van der Waals surface area contributed by atoms with Gasteiger partial charge >= 0.3 is 0 Å². The van der Waals surface area contributed by atoms with Crippen LogP contribution in [0.2, 0.25) is 5.02 Å². The molecule has 0 unspecified atom stereocenters. The van der Waals surface area contributed by atoms with Crippen molar-refractivity contribution in [3.8, 4) is 16.9 Å². The molecule has 2 aromatic carbocycles. The summed E-state index contributed by atoms with van der Waals surface area (Å²) < 4.78 is 35.6. The number of piperazine rings is 1. The molecule has 1 saturated heterocycles. The van der Waals surface area contributed by atoms with Crippen molar-refractivity contribution < 1.29 is 18.3 Å². The molecule has 3 N–H and O–H groups in total. The molecule has 156 valence electrons. The quantitative estimate of drug-likeness (QED) is 0.657. The number of aromatic nitrogens is 2. The average molecular weight is 434 g/mol. The van der Waals surface area contributed by atoms with Crippen LogP contribution in [-0.4, -0.2) is 49.2 Å². The molecule has 0 aliphatic carbocycles. The van der Waals surface area contributed by atoms with Crippen LogP contribution < -0.4 is 20.7 Å². The maximum absolute atomic E-state index is 15.7. The van der Waals surface area contributed by atoms with Crippen LogP contribution in [0.15, 0.2) is 24.3 Å². The molecule has 3 aromatic rings. The van der Waals surface area contributed by atoms with Gasteiger partial charge in [0.25, 0.3) is 5.91 Å². The highest BCUT2D eigenvalue weighted by Crippen LogP contribution is 2.42. The Labute approximate surface area is 175 Å². The molecule has 0 saturated carbocycles. The highest BCUT2D eigenvalue weighted by molar-refractivity contribution is 6.34. The number of primary amides is 1. The normalized spacial score (nSPS) is 14.2. The van der Waals surface area contributed by atoms with Gasteiger partial charge in [-0.3, -0.25) is 4.79 Å². The second-order valence-electron chi connectivity index (χ2n) is 6.73. The first kappa shape index (κ1) is 20.2. The molecule has 0 atom stereocenters. The van der Waals surface area contributed by atoms with Gasteiger partial charge in [0.1, 0.15) is 22.9 Å². The molecule has 1 fully saturated rings. The Kier molecular flexibility index (Phi) is 5.40. The molecule has 0 bridgehead atoms. The van der Waals surface area contributed by atoms with E-state index in [0.717, 1.165) is 0 Å². The minimum atomic E-state index is -0.896. The number of methoxy groups -OCH3 is 1. The van der Waals surface area contributed by atoms with E-state index >= 15 is 4.39 Å². The fourth-order valence-electron chi connectivity index (χ4n) is 3.55. The Balaban J connectivity index is 2.04. The average Bonchev–Trinajstić information content (AvgIpc) is 2.74. The molecular formula is C20H18ClF2N5O2. The summed E-state index contributed by atoms with van der Waals surface area (Å²) in [5, 5.41) is 3.49. The van der Waals surface area contributed by atoms with E-state index in [1.807, 2.05) is 4.90 Å². The number of carbonyl (C=O) groups is 1. The highest BCUT2D eigenvalue weighted by atomic mass is 35.5. The van der Waals surface area contributed by atoms with Crippen molar-refractivity contribution in [3.05, 3.63) is 46.7 Å². The van der Waals surface area contributed by atoms with Crippen LogP contribution in [0.1, 0.15) is 10.6 Å².